The third kappa shape index (κ3) is 5.07. The molecule has 0 aliphatic heterocycles. The highest BCUT2D eigenvalue weighted by molar-refractivity contribution is 5.48. The molecule has 10 nitrogen and oxygen atoms in total. The first-order chi connectivity index (χ1) is 16.9. The van der Waals surface area contributed by atoms with Crippen molar-refractivity contribution in [2.75, 3.05) is 20.0 Å². The maximum Gasteiger partial charge on any atom is 0.269 e. The second-order valence-electron chi connectivity index (χ2n) is 7.89. The molecule has 180 valence electrons. The predicted octanol–water partition coefficient (Wildman–Crippen LogP) is 3.77. The minimum Gasteiger partial charge on any atom is -0.497 e. The van der Waals surface area contributed by atoms with Gasteiger partial charge >= 0.3 is 0 Å². The largest absolute Gasteiger partial charge is 0.497 e. The number of hydrogen-bond acceptors (Lipinski definition) is 8. The molecule has 0 radical (unpaired) electrons. The number of aromatic nitrogens is 3. The van der Waals surface area contributed by atoms with Gasteiger partial charge < -0.3 is 25.3 Å². The Morgan fingerprint density at radius 2 is 1.77 bits per heavy atom. The Morgan fingerprint density at radius 3 is 2.40 bits per heavy atom. The highest BCUT2D eigenvalue weighted by Crippen LogP contribution is 2.37. The van der Waals surface area contributed by atoms with Crippen LogP contribution in [0.25, 0.3) is 0 Å². The Morgan fingerprint density at radius 1 is 1.06 bits per heavy atom. The minimum absolute atomic E-state index is 0.0483. The van der Waals surface area contributed by atoms with Crippen molar-refractivity contribution >= 4 is 11.6 Å². The van der Waals surface area contributed by atoms with E-state index in [9.17, 15) is 15.2 Å². The molecule has 0 aliphatic carbocycles. The fraction of sp³-hybridized carbons (Fsp3) is 0.200. The summed E-state index contributed by atoms with van der Waals surface area (Å²) in [5.74, 6) is 0.914. The molecule has 2 heterocycles. The number of H-pyrrole nitrogens is 1. The SMILES string of the molecule is COc1ccc(C(Cc2cc([N+](=O)[O-])ccc2OC)c2nc(N)[nH]c2C(O)c2ccncc2)cc1. The number of rotatable bonds is 9. The number of nitro benzene ring substituents is 1. The lowest BCUT2D eigenvalue weighted by Gasteiger charge is -2.21. The average molecular weight is 476 g/mol. The first-order valence-electron chi connectivity index (χ1n) is 10.8. The van der Waals surface area contributed by atoms with Gasteiger partial charge in [0.25, 0.3) is 5.69 Å². The van der Waals surface area contributed by atoms with E-state index in [0.29, 0.717) is 40.4 Å². The van der Waals surface area contributed by atoms with Crippen LogP contribution in [0, 0.1) is 10.1 Å². The number of nitrogens with zero attached hydrogens (tertiary/aromatic N) is 3. The molecule has 2 aromatic heterocycles. The Bertz CT molecular complexity index is 1310. The summed E-state index contributed by atoms with van der Waals surface area (Å²) in [7, 11) is 3.09. The van der Waals surface area contributed by atoms with Crippen molar-refractivity contribution in [3.8, 4) is 11.5 Å². The van der Waals surface area contributed by atoms with Gasteiger partial charge in [-0.25, -0.2) is 4.98 Å². The molecule has 4 N–H and O–H groups in total. The van der Waals surface area contributed by atoms with Crippen LogP contribution in [0.2, 0.25) is 0 Å². The smallest absolute Gasteiger partial charge is 0.269 e. The molecule has 2 atom stereocenters. The van der Waals surface area contributed by atoms with Gasteiger partial charge in [-0.05, 0) is 47.9 Å². The molecule has 0 fully saturated rings. The Balaban J connectivity index is 1.84. The van der Waals surface area contributed by atoms with Crippen LogP contribution in [0.1, 0.15) is 40.1 Å². The van der Waals surface area contributed by atoms with Crippen molar-refractivity contribution in [3.05, 3.63) is 105 Å². The van der Waals surface area contributed by atoms with Crippen LogP contribution < -0.4 is 15.2 Å². The number of pyridine rings is 1. The summed E-state index contributed by atoms with van der Waals surface area (Å²) in [6, 6.07) is 15.3. The third-order valence-electron chi connectivity index (χ3n) is 5.82. The molecule has 10 heteroatoms. The standard InChI is InChI=1S/C25H25N5O5/c1-34-19-6-3-15(4-7-19)20(14-17-13-18(30(32)33)5-8-21(17)35-2)22-23(29-25(26)28-22)24(31)16-9-11-27-12-10-16/h3-13,20,24,31H,14H2,1-2H3,(H3,26,28,29). The molecule has 0 saturated carbocycles. The summed E-state index contributed by atoms with van der Waals surface area (Å²) in [6.07, 6.45) is 2.45. The highest BCUT2D eigenvalue weighted by Gasteiger charge is 2.28. The number of nitrogen functional groups attached to an aromatic ring is 1. The molecule has 0 spiro atoms. The number of benzene rings is 2. The van der Waals surface area contributed by atoms with Gasteiger partial charge in [-0.2, -0.15) is 0 Å². The Kier molecular flexibility index (Phi) is 6.93. The van der Waals surface area contributed by atoms with Crippen LogP contribution in [0.5, 0.6) is 11.5 Å². The van der Waals surface area contributed by atoms with Crippen molar-refractivity contribution in [3.63, 3.8) is 0 Å². The minimum atomic E-state index is -1.04. The van der Waals surface area contributed by atoms with Crippen LogP contribution in [-0.2, 0) is 6.42 Å². The lowest BCUT2D eigenvalue weighted by Crippen LogP contribution is -2.12. The summed E-state index contributed by atoms with van der Waals surface area (Å²) in [6.45, 7) is 0. The van der Waals surface area contributed by atoms with Crippen LogP contribution >= 0.6 is 0 Å². The zero-order chi connectivity index (χ0) is 24.9. The normalized spacial score (nSPS) is 12.7. The molecule has 2 aromatic carbocycles. The fourth-order valence-electron chi connectivity index (χ4n) is 4.07. The van der Waals surface area contributed by atoms with E-state index in [1.54, 1.807) is 37.7 Å². The van der Waals surface area contributed by atoms with E-state index < -0.39 is 16.9 Å². The van der Waals surface area contributed by atoms with E-state index in [1.807, 2.05) is 24.3 Å². The second-order valence-corrected chi connectivity index (χ2v) is 7.89. The first kappa shape index (κ1) is 23.7. The first-order valence-corrected chi connectivity index (χ1v) is 10.8. The quantitative estimate of drug-likeness (QED) is 0.245. The predicted molar refractivity (Wildman–Crippen MR) is 129 cm³/mol. The number of nitrogens with one attached hydrogen (secondary N) is 1. The van der Waals surface area contributed by atoms with E-state index in [2.05, 4.69) is 15.0 Å². The molecule has 2 unspecified atom stereocenters. The van der Waals surface area contributed by atoms with Gasteiger partial charge in [-0.1, -0.05) is 12.1 Å². The van der Waals surface area contributed by atoms with E-state index in [1.165, 1.54) is 19.2 Å². The number of imidazole rings is 1. The van der Waals surface area contributed by atoms with E-state index in [-0.39, 0.29) is 11.6 Å². The van der Waals surface area contributed by atoms with Gasteiger partial charge in [-0.15, -0.1) is 0 Å². The van der Waals surface area contributed by atoms with E-state index in [0.717, 1.165) is 5.56 Å². The van der Waals surface area contributed by atoms with Crippen molar-refractivity contribution in [1.82, 2.24) is 15.0 Å². The lowest BCUT2D eigenvalue weighted by molar-refractivity contribution is -0.384. The van der Waals surface area contributed by atoms with Crippen LogP contribution in [-0.4, -0.2) is 39.2 Å². The number of aromatic amines is 1. The van der Waals surface area contributed by atoms with Crippen LogP contribution in [0.15, 0.2) is 67.0 Å². The lowest BCUT2D eigenvalue weighted by atomic mass is 9.86. The topological polar surface area (TPSA) is 149 Å². The number of methoxy groups -OCH3 is 2. The molecule has 35 heavy (non-hydrogen) atoms. The second kappa shape index (κ2) is 10.2. The summed E-state index contributed by atoms with van der Waals surface area (Å²) in [5.41, 5.74) is 9.04. The van der Waals surface area contributed by atoms with Crippen molar-refractivity contribution in [2.24, 2.45) is 0 Å². The van der Waals surface area contributed by atoms with Crippen molar-refractivity contribution in [2.45, 2.75) is 18.4 Å². The molecule has 0 saturated heterocycles. The molecule has 0 bridgehead atoms. The highest BCUT2D eigenvalue weighted by atomic mass is 16.6. The van der Waals surface area contributed by atoms with Gasteiger partial charge in [0.05, 0.1) is 30.5 Å². The van der Waals surface area contributed by atoms with E-state index in [4.69, 9.17) is 15.2 Å². The van der Waals surface area contributed by atoms with Crippen molar-refractivity contribution < 1.29 is 19.5 Å². The molecular weight excluding hydrogens is 450 g/mol. The summed E-state index contributed by atoms with van der Waals surface area (Å²) >= 11 is 0. The van der Waals surface area contributed by atoms with Crippen molar-refractivity contribution in [1.29, 1.82) is 0 Å². The van der Waals surface area contributed by atoms with Gasteiger partial charge in [-0.3, -0.25) is 15.1 Å². The number of hydrogen-bond donors (Lipinski definition) is 3. The third-order valence-corrected chi connectivity index (χ3v) is 5.82. The number of non-ortho nitro benzene ring substituents is 1. The Labute approximate surface area is 201 Å². The average Bonchev–Trinajstić information content (AvgIpc) is 3.28. The Hall–Kier alpha value is -4.44. The zero-order valence-electron chi connectivity index (χ0n) is 19.2. The fourth-order valence-corrected chi connectivity index (χ4v) is 4.07. The number of ether oxygens (including phenoxy) is 2. The molecule has 4 rings (SSSR count). The van der Waals surface area contributed by atoms with Gasteiger partial charge in [0, 0.05) is 36.0 Å². The van der Waals surface area contributed by atoms with E-state index >= 15 is 0 Å². The number of aliphatic hydroxyl groups excluding tert-OH is 1. The number of anilines is 1. The number of nitro groups is 1. The van der Waals surface area contributed by atoms with Crippen LogP contribution in [0.3, 0.4) is 0 Å². The van der Waals surface area contributed by atoms with Crippen LogP contribution in [0.4, 0.5) is 11.6 Å². The molecule has 0 amide bonds. The maximum absolute atomic E-state index is 11.4. The number of aliphatic hydroxyl groups is 1. The summed E-state index contributed by atoms with van der Waals surface area (Å²) in [5, 5.41) is 22.6. The number of nitrogens with two attached hydrogens (primary N) is 1. The molecule has 4 aromatic rings. The monoisotopic (exact) mass is 475 g/mol. The summed E-state index contributed by atoms with van der Waals surface area (Å²) < 4.78 is 10.8. The van der Waals surface area contributed by atoms with Gasteiger partial charge in [0.15, 0.2) is 5.95 Å². The molecular formula is C25H25N5O5. The summed E-state index contributed by atoms with van der Waals surface area (Å²) in [4.78, 5) is 22.5. The molecule has 0 aliphatic rings. The van der Waals surface area contributed by atoms with Gasteiger partial charge in [0.2, 0.25) is 0 Å². The maximum atomic E-state index is 11.4. The van der Waals surface area contributed by atoms with Gasteiger partial charge in [0.1, 0.15) is 17.6 Å². The zero-order valence-corrected chi connectivity index (χ0v) is 19.2.